The van der Waals surface area contributed by atoms with Crippen molar-refractivity contribution < 1.29 is 9.13 Å². The molecule has 0 amide bonds. The topological polar surface area (TPSA) is 81.6 Å². The lowest BCUT2D eigenvalue weighted by molar-refractivity contribution is 0.356. The molecule has 1 aromatic carbocycles. The van der Waals surface area contributed by atoms with Crippen LogP contribution in [0.4, 0.5) is 10.3 Å². The Hall–Kier alpha value is -3.72. The molecular weight excluding hydrogens is 421 g/mol. The Morgan fingerprint density at radius 2 is 2.13 bits per heavy atom. The average Bonchev–Trinajstić information content (AvgIpc) is 3.52. The van der Waals surface area contributed by atoms with E-state index in [4.69, 9.17) is 16.3 Å². The van der Waals surface area contributed by atoms with Crippen molar-refractivity contribution in [3.05, 3.63) is 71.3 Å². The minimum Gasteiger partial charge on any atom is -0.493 e. The quantitative estimate of drug-likeness (QED) is 0.462. The molecule has 0 aliphatic carbocycles. The molecular formula is C21H15ClFN7O. The van der Waals surface area contributed by atoms with Crippen LogP contribution in [0.1, 0.15) is 11.1 Å². The highest BCUT2D eigenvalue weighted by Crippen LogP contribution is 2.32. The molecule has 0 radical (unpaired) electrons. The second-order valence-electron chi connectivity index (χ2n) is 7.20. The third-order valence-corrected chi connectivity index (χ3v) is 5.65. The van der Waals surface area contributed by atoms with Gasteiger partial charge in [-0.2, -0.15) is 0 Å². The molecule has 154 valence electrons. The lowest BCUT2D eigenvalue weighted by Gasteiger charge is -2.13. The summed E-state index contributed by atoms with van der Waals surface area (Å²) in [6.07, 6.45) is 9.27. The standard InChI is InChI=1S/C21H15ClFN7O/c22-12-7-14(19-24-4-5-29(19)10-12)16-9-26-21(30-11-27-28-20(16)30)25-8-15-13-3-6-31-18(13)2-1-17(15)23/h1-2,4-5,7,9-11H,3,6,8H2,(H,25,26). The Labute approximate surface area is 180 Å². The van der Waals surface area contributed by atoms with Crippen molar-refractivity contribution in [3.8, 4) is 16.9 Å². The summed E-state index contributed by atoms with van der Waals surface area (Å²) in [5.41, 5.74) is 4.33. The molecule has 6 rings (SSSR count). The molecule has 0 saturated heterocycles. The van der Waals surface area contributed by atoms with E-state index >= 15 is 0 Å². The van der Waals surface area contributed by atoms with Gasteiger partial charge in [0.25, 0.3) is 0 Å². The molecule has 1 aliphatic rings. The zero-order valence-corrected chi connectivity index (χ0v) is 16.8. The average molecular weight is 436 g/mol. The van der Waals surface area contributed by atoms with Crippen molar-refractivity contribution >= 4 is 28.8 Å². The highest BCUT2D eigenvalue weighted by molar-refractivity contribution is 6.31. The number of benzene rings is 1. The van der Waals surface area contributed by atoms with Gasteiger partial charge in [-0.15, -0.1) is 10.2 Å². The number of halogens is 2. The number of pyridine rings is 1. The molecule has 31 heavy (non-hydrogen) atoms. The monoisotopic (exact) mass is 435 g/mol. The summed E-state index contributed by atoms with van der Waals surface area (Å²) in [6, 6.07) is 4.93. The molecule has 0 fully saturated rings. The van der Waals surface area contributed by atoms with Crippen LogP contribution in [0.3, 0.4) is 0 Å². The Morgan fingerprint density at radius 1 is 1.19 bits per heavy atom. The van der Waals surface area contributed by atoms with E-state index in [1.165, 1.54) is 6.07 Å². The minimum absolute atomic E-state index is 0.264. The van der Waals surface area contributed by atoms with Gasteiger partial charge in [0.1, 0.15) is 23.5 Å². The lowest BCUT2D eigenvalue weighted by atomic mass is 10.0. The van der Waals surface area contributed by atoms with Crippen molar-refractivity contribution in [2.24, 2.45) is 0 Å². The normalized spacial score (nSPS) is 13.0. The van der Waals surface area contributed by atoms with Gasteiger partial charge in [0.2, 0.25) is 5.95 Å². The van der Waals surface area contributed by atoms with Crippen molar-refractivity contribution in [2.75, 3.05) is 11.9 Å². The van der Waals surface area contributed by atoms with Gasteiger partial charge in [-0.05, 0) is 18.2 Å². The van der Waals surface area contributed by atoms with Gasteiger partial charge in [-0.25, -0.2) is 14.4 Å². The summed E-state index contributed by atoms with van der Waals surface area (Å²) >= 11 is 6.30. The zero-order chi connectivity index (χ0) is 20.9. The van der Waals surface area contributed by atoms with Gasteiger partial charge in [-0.1, -0.05) is 11.6 Å². The number of nitrogens with one attached hydrogen (secondary N) is 1. The fourth-order valence-corrected chi connectivity index (χ4v) is 4.22. The van der Waals surface area contributed by atoms with Crippen LogP contribution >= 0.6 is 11.6 Å². The number of aromatic nitrogens is 6. The highest BCUT2D eigenvalue weighted by atomic mass is 35.5. The Bertz CT molecular complexity index is 1460. The zero-order valence-electron chi connectivity index (χ0n) is 16.1. The van der Waals surface area contributed by atoms with Gasteiger partial charge >= 0.3 is 0 Å². The van der Waals surface area contributed by atoms with Gasteiger partial charge in [0, 0.05) is 60.0 Å². The van der Waals surface area contributed by atoms with Crippen molar-refractivity contribution in [1.29, 1.82) is 0 Å². The number of nitrogens with zero attached hydrogens (tertiary/aromatic N) is 6. The molecule has 0 saturated carbocycles. The smallest absolute Gasteiger partial charge is 0.210 e. The summed E-state index contributed by atoms with van der Waals surface area (Å²) in [6.45, 7) is 0.829. The highest BCUT2D eigenvalue weighted by Gasteiger charge is 2.20. The molecule has 10 heteroatoms. The molecule has 4 aromatic heterocycles. The fourth-order valence-electron chi connectivity index (χ4n) is 4.01. The van der Waals surface area contributed by atoms with E-state index in [0.29, 0.717) is 35.2 Å². The molecule has 8 nitrogen and oxygen atoms in total. The molecule has 0 bridgehead atoms. The predicted octanol–water partition coefficient (Wildman–Crippen LogP) is 3.78. The number of fused-ring (bicyclic) bond motifs is 3. The van der Waals surface area contributed by atoms with Crippen LogP contribution < -0.4 is 10.1 Å². The maximum atomic E-state index is 14.5. The van der Waals surface area contributed by atoms with Crippen LogP contribution in [0.15, 0.2) is 49.3 Å². The number of hydrogen-bond donors (Lipinski definition) is 1. The van der Waals surface area contributed by atoms with Crippen LogP contribution in [0.2, 0.25) is 5.02 Å². The van der Waals surface area contributed by atoms with E-state index < -0.39 is 0 Å². The van der Waals surface area contributed by atoms with Gasteiger partial charge in [0.15, 0.2) is 5.65 Å². The molecule has 0 unspecified atom stereocenters. The summed E-state index contributed by atoms with van der Waals surface area (Å²) < 4.78 is 23.6. The fraction of sp³-hybridized carbons (Fsp3) is 0.143. The number of rotatable bonds is 4. The van der Waals surface area contributed by atoms with Crippen LogP contribution in [0.25, 0.3) is 22.4 Å². The van der Waals surface area contributed by atoms with E-state index in [9.17, 15) is 4.39 Å². The molecule has 5 heterocycles. The summed E-state index contributed by atoms with van der Waals surface area (Å²) in [4.78, 5) is 8.97. The second kappa shape index (κ2) is 6.92. The van der Waals surface area contributed by atoms with Crippen LogP contribution in [0, 0.1) is 5.82 Å². The summed E-state index contributed by atoms with van der Waals surface area (Å²) in [7, 11) is 0. The maximum absolute atomic E-state index is 14.5. The van der Waals surface area contributed by atoms with E-state index in [0.717, 1.165) is 28.1 Å². The Balaban J connectivity index is 1.41. The van der Waals surface area contributed by atoms with Crippen LogP contribution in [-0.4, -0.2) is 35.6 Å². The lowest BCUT2D eigenvalue weighted by Crippen LogP contribution is -2.09. The molecule has 1 aliphatic heterocycles. The predicted molar refractivity (Wildman–Crippen MR) is 113 cm³/mol. The van der Waals surface area contributed by atoms with Crippen LogP contribution in [-0.2, 0) is 13.0 Å². The number of imidazole rings is 1. The van der Waals surface area contributed by atoms with Gasteiger partial charge in [0.05, 0.1) is 11.6 Å². The summed E-state index contributed by atoms with van der Waals surface area (Å²) in [5, 5.41) is 12.1. The number of ether oxygens (including phenoxy) is 1. The van der Waals surface area contributed by atoms with Crippen molar-refractivity contribution in [3.63, 3.8) is 0 Å². The molecule has 5 aromatic rings. The maximum Gasteiger partial charge on any atom is 0.210 e. The summed E-state index contributed by atoms with van der Waals surface area (Å²) in [5.74, 6) is 0.968. The molecule has 0 spiro atoms. The Morgan fingerprint density at radius 3 is 3.06 bits per heavy atom. The SMILES string of the molecule is Fc1ccc2c(c1CNc1ncc(-c3cc(Cl)cn4ccnc34)c3nncn13)CCO2. The van der Waals surface area contributed by atoms with Crippen LogP contribution in [0.5, 0.6) is 5.75 Å². The van der Waals surface area contributed by atoms with Crippen molar-refractivity contribution in [2.45, 2.75) is 13.0 Å². The second-order valence-corrected chi connectivity index (χ2v) is 7.64. The Kier molecular flexibility index (Phi) is 4.03. The number of hydrogen-bond acceptors (Lipinski definition) is 6. The van der Waals surface area contributed by atoms with Gasteiger partial charge < -0.3 is 14.5 Å². The third-order valence-electron chi connectivity index (χ3n) is 5.44. The van der Waals surface area contributed by atoms with Crippen molar-refractivity contribution in [1.82, 2.24) is 29.0 Å². The first kappa shape index (κ1) is 18.1. The number of anilines is 1. The largest absolute Gasteiger partial charge is 0.493 e. The van der Waals surface area contributed by atoms with E-state index in [1.807, 2.05) is 16.7 Å². The van der Waals surface area contributed by atoms with E-state index in [2.05, 4.69) is 25.5 Å². The first-order valence-corrected chi connectivity index (χ1v) is 10.0. The van der Waals surface area contributed by atoms with E-state index in [1.54, 1.807) is 35.4 Å². The first-order valence-electron chi connectivity index (χ1n) is 9.67. The first-order chi connectivity index (χ1) is 15.2. The molecule has 0 atom stereocenters. The minimum atomic E-state index is -0.269. The third kappa shape index (κ3) is 2.89. The molecule has 1 N–H and O–H groups in total. The van der Waals surface area contributed by atoms with E-state index in [-0.39, 0.29) is 12.4 Å². The van der Waals surface area contributed by atoms with Gasteiger partial charge in [-0.3, -0.25) is 4.40 Å².